The molecule has 0 bridgehead atoms. The molecule has 0 saturated heterocycles. The van der Waals surface area contributed by atoms with Crippen molar-refractivity contribution in [2.24, 2.45) is 0 Å². The van der Waals surface area contributed by atoms with Crippen LogP contribution >= 0.6 is 34.5 Å². The van der Waals surface area contributed by atoms with Crippen LogP contribution in [0.15, 0.2) is 18.2 Å². The zero-order chi connectivity index (χ0) is 14.2. The van der Waals surface area contributed by atoms with Gasteiger partial charge in [0, 0.05) is 0 Å². The summed E-state index contributed by atoms with van der Waals surface area (Å²) in [4.78, 5) is 12.2. The number of carbonyl (C=O) groups excluding carboxylic acids is 1. The first-order chi connectivity index (χ1) is 8.90. The number of rotatable bonds is 2. The molecule has 3 N–H and O–H groups in total. The topological polar surface area (TPSA) is 55.1 Å². The van der Waals surface area contributed by atoms with Crippen LogP contribution in [0.1, 0.15) is 21.5 Å². The van der Waals surface area contributed by atoms with Crippen molar-refractivity contribution in [3.05, 3.63) is 43.6 Å². The normalized spacial score (nSPS) is 10.5. The van der Waals surface area contributed by atoms with Gasteiger partial charge in [-0.25, -0.2) is 0 Å². The zero-order valence-electron chi connectivity index (χ0n) is 10.4. The van der Waals surface area contributed by atoms with Gasteiger partial charge < -0.3 is 11.1 Å². The lowest BCUT2D eigenvalue weighted by atomic mass is 10.1. The van der Waals surface area contributed by atoms with Gasteiger partial charge in [0.15, 0.2) is 0 Å². The summed E-state index contributed by atoms with van der Waals surface area (Å²) in [5, 5.41) is 2.79. The van der Waals surface area contributed by atoms with E-state index in [2.05, 4.69) is 5.32 Å². The highest BCUT2D eigenvalue weighted by Gasteiger charge is 2.16. The van der Waals surface area contributed by atoms with Gasteiger partial charge in [-0.05, 0) is 37.1 Å². The lowest BCUT2D eigenvalue weighted by Crippen LogP contribution is -2.14. The summed E-state index contributed by atoms with van der Waals surface area (Å²) in [6.07, 6.45) is 0. The number of benzene rings is 1. The molecule has 19 heavy (non-hydrogen) atoms. The van der Waals surface area contributed by atoms with Gasteiger partial charge in [-0.3, -0.25) is 4.79 Å². The first-order valence-corrected chi connectivity index (χ1v) is 7.09. The van der Waals surface area contributed by atoms with E-state index in [9.17, 15) is 4.79 Å². The molecular formula is C13H12Cl2N2OS. The van der Waals surface area contributed by atoms with Crippen molar-refractivity contribution < 1.29 is 4.79 Å². The number of hydrogen-bond acceptors (Lipinski definition) is 3. The van der Waals surface area contributed by atoms with E-state index in [0.717, 1.165) is 22.5 Å². The van der Waals surface area contributed by atoms with Crippen LogP contribution in [0.3, 0.4) is 0 Å². The van der Waals surface area contributed by atoms with Crippen molar-refractivity contribution in [1.82, 2.24) is 0 Å². The van der Waals surface area contributed by atoms with Crippen molar-refractivity contribution in [3.63, 3.8) is 0 Å². The quantitative estimate of drug-likeness (QED) is 0.801. The van der Waals surface area contributed by atoms with Crippen LogP contribution in [0.25, 0.3) is 0 Å². The Morgan fingerprint density at radius 3 is 2.58 bits per heavy atom. The van der Waals surface area contributed by atoms with E-state index >= 15 is 0 Å². The second kappa shape index (κ2) is 5.41. The number of anilines is 2. The third kappa shape index (κ3) is 2.86. The molecule has 100 valence electrons. The van der Waals surface area contributed by atoms with E-state index in [4.69, 9.17) is 28.9 Å². The maximum absolute atomic E-state index is 12.2. The molecule has 2 aromatic rings. The van der Waals surface area contributed by atoms with Crippen LogP contribution in [-0.4, -0.2) is 5.91 Å². The Hall–Kier alpha value is -1.23. The van der Waals surface area contributed by atoms with Gasteiger partial charge in [0.25, 0.3) is 5.91 Å². The first-order valence-electron chi connectivity index (χ1n) is 5.52. The van der Waals surface area contributed by atoms with E-state index in [-0.39, 0.29) is 5.91 Å². The molecule has 1 aromatic heterocycles. The van der Waals surface area contributed by atoms with Crippen molar-refractivity contribution in [3.8, 4) is 0 Å². The summed E-state index contributed by atoms with van der Waals surface area (Å²) >= 11 is 12.9. The minimum Gasteiger partial charge on any atom is -0.397 e. The molecule has 0 aliphatic rings. The molecule has 1 amide bonds. The van der Waals surface area contributed by atoms with Gasteiger partial charge in [-0.15, -0.1) is 11.3 Å². The standard InChI is InChI=1S/C13H12Cl2N2OS/c1-6-3-4-9(16)11(7(6)2)17-13(18)8-5-10(14)19-12(8)15/h3-5H,16H2,1-2H3,(H,17,18). The molecule has 0 radical (unpaired) electrons. The maximum Gasteiger partial charge on any atom is 0.258 e. The Kier molecular flexibility index (Phi) is 4.04. The predicted octanol–water partition coefficient (Wildman–Crippen LogP) is 4.51. The molecular weight excluding hydrogens is 303 g/mol. The lowest BCUT2D eigenvalue weighted by Gasteiger charge is -2.13. The van der Waals surface area contributed by atoms with Crippen LogP contribution < -0.4 is 11.1 Å². The molecule has 0 spiro atoms. The molecule has 2 rings (SSSR count). The highest BCUT2D eigenvalue weighted by atomic mass is 35.5. The van der Waals surface area contributed by atoms with Gasteiger partial charge in [0.2, 0.25) is 0 Å². The molecule has 0 aliphatic heterocycles. The third-order valence-corrected chi connectivity index (χ3v) is 4.40. The fourth-order valence-electron chi connectivity index (χ4n) is 1.68. The average Bonchev–Trinajstić information content (AvgIpc) is 2.69. The molecule has 0 unspecified atom stereocenters. The molecule has 1 aromatic carbocycles. The Bertz CT molecular complexity index is 652. The Morgan fingerprint density at radius 2 is 2.00 bits per heavy atom. The van der Waals surface area contributed by atoms with Crippen LogP contribution in [0.4, 0.5) is 11.4 Å². The molecule has 6 heteroatoms. The summed E-state index contributed by atoms with van der Waals surface area (Å²) in [5.74, 6) is -0.312. The minimum atomic E-state index is -0.312. The highest BCUT2D eigenvalue weighted by molar-refractivity contribution is 7.20. The molecule has 3 nitrogen and oxygen atoms in total. The van der Waals surface area contributed by atoms with Crippen LogP contribution in [0, 0.1) is 13.8 Å². The van der Waals surface area contributed by atoms with Gasteiger partial charge in [-0.2, -0.15) is 0 Å². The zero-order valence-corrected chi connectivity index (χ0v) is 12.7. The number of thiophene rings is 1. The maximum atomic E-state index is 12.2. The van der Waals surface area contributed by atoms with Crippen molar-refractivity contribution in [1.29, 1.82) is 0 Å². The number of nitrogens with one attached hydrogen (secondary N) is 1. The summed E-state index contributed by atoms with van der Waals surface area (Å²) in [6.45, 7) is 3.86. The number of nitrogen functional groups attached to an aromatic ring is 1. The smallest absolute Gasteiger partial charge is 0.258 e. The Labute approximate surface area is 125 Å². The SMILES string of the molecule is Cc1ccc(N)c(NC(=O)c2cc(Cl)sc2Cl)c1C. The largest absolute Gasteiger partial charge is 0.397 e. The number of carbonyl (C=O) groups is 1. The van der Waals surface area contributed by atoms with Crippen LogP contribution in [0.5, 0.6) is 0 Å². The van der Waals surface area contributed by atoms with E-state index in [1.54, 1.807) is 12.1 Å². The second-order valence-electron chi connectivity index (χ2n) is 4.16. The molecule has 0 aliphatic carbocycles. The van der Waals surface area contributed by atoms with Crippen molar-refractivity contribution in [2.75, 3.05) is 11.1 Å². The van der Waals surface area contributed by atoms with Crippen molar-refractivity contribution >= 4 is 51.8 Å². The van der Waals surface area contributed by atoms with Gasteiger partial charge in [-0.1, -0.05) is 29.3 Å². The van der Waals surface area contributed by atoms with Gasteiger partial charge in [0.1, 0.15) is 4.34 Å². The molecule has 1 heterocycles. The van der Waals surface area contributed by atoms with Gasteiger partial charge in [0.05, 0.1) is 21.3 Å². The number of amides is 1. The fraction of sp³-hybridized carbons (Fsp3) is 0.154. The fourth-order valence-corrected chi connectivity index (χ4v) is 3.14. The number of halogens is 2. The Balaban J connectivity index is 2.34. The van der Waals surface area contributed by atoms with E-state index in [0.29, 0.717) is 25.6 Å². The molecule has 0 atom stereocenters. The monoisotopic (exact) mass is 314 g/mol. The van der Waals surface area contributed by atoms with E-state index in [1.807, 2.05) is 19.9 Å². The number of nitrogens with two attached hydrogens (primary N) is 1. The summed E-state index contributed by atoms with van der Waals surface area (Å²) in [7, 11) is 0. The predicted molar refractivity (Wildman–Crippen MR) is 82.6 cm³/mol. The average molecular weight is 315 g/mol. The summed E-state index contributed by atoms with van der Waals surface area (Å²) in [6, 6.07) is 5.22. The Morgan fingerprint density at radius 1 is 1.32 bits per heavy atom. The third-order valence-electron chi connectivity index (χ3n) is 2.91. The first kappa shape index (κ1) is 14.2. The number of hydrogen-bond donors (Lipinski definition) is 2. The highest BCUT2D eigenvalue weighted by Crippen LogP contribution is 2.33. The minimum absolute atomic E-state index is 0.312. The van der Waals surface area contributed by atoms with E-state index in [1.165, 1.54) is 0 Å². The molecule has 0 saturated carbocycles. The van der Waals surface area contributed by atoms with Crippen LogP contribution in [0.2, 0.25) is 8.67 Å². The molecule has 0 fully saturated rings. The van der Waals surface area contributed by atoms with Gasteiger partial charge >= 0.3 is 0 Å². The lowest BCUT2D eigenvalue weighted by molar-refractivity contribution is 0.102. The van der Waals surface area contributed by atoms with Crippen LogP contribution in [-0.2, 0) is 0 Å². The second-order valence-corrected chi connectivity index (χ2v) is 6.45. The summed E-state index contributed by atoms with van der Waals surface area (Å²) < 4.78 is 0.843. The summed E-state index contributed by atoms with van der Waals surface area (Å²) in [5.41, 5.74) is 9.37. The number of aryl methyl sites for hydroxylation is 1. The van der Waals surface area contributed by atoms with E-state index < -0.39 is 0 Å². The van der Waals surface area contributed by atoms with Crippen molar-refractivity contribution in [2.45, 2.75) is 13.8 Å².